The lowest BCUT2D eigenvalue weighted by molar-refractivity contribution is 0.415. The van der Waals surface area contributed by atoms with Crippen LogP contribution in [0.5, 0.6) is 0 Å². The Bertz CT molecular complexity index is 330. The molecule has 0 aromatic carbocycles. The van der Waals surface area contributed by atoms with Crippen molar-refractivity contribution >= 4 is 22.9 Å². The Labute approximate surface area is 101 Å². The summed E-state index contributed by atoms with van der Waals surface area (Å²) in [6, 6.07) is 2.49. The van der Waals surface area contributed by atoms with Crippen molar-refractivity contribution in [2.75, 3.05) is 6.54 Å². The van der Waals surface area contributed by atoms with Crippen LogP contribution in [-0.4, -0.2) is 6.54 Å². The molecule has 1 aromatic rings. The lowest BCUT2D eigenvalue weighted by Crippen LogP contribution is -2.26. The van der Waals surface area contributed by atoms with Gasteiger partial charge in [-0.15, -0.1) is 11.3 Å². The predicted molar refractivity (Wildman–Crippen MR) is 67.7 cm³/mol. The first-order valence-electron chi connectivity index (χ1n) is 5.62. The van der Waals surface area contributed by atoms with Crippen molar-refractivity contribution in [1.29, 1.82) is 0 Å². The molecule has 1 aliphatic rings. The van der Waals surface area contributed by atoms with Gasteiger partial charge in [0.05, 0.1) is 4.34 Å². The number of rotatable bonds is 5. The smallest absolute Gasteiger partial charge is 0.0931 e. The Balaban J connectivity index is 1.85. The zero-order chi connectivity index (χ0) is 10.9. The minimum absolute atomic E-state index is 0.428. The van der Waals surface area contributed by atoms with Crippen molar-refractivity contribution in [3.8, 4) is 0 Å². The quantitative estimate of drug-likeness (QED) is 0.816. The molecule has 3 heteroatoms. The molecule has 0 amide bonds. The highest BCUT2D eigenvalue weighted by Crippen LogP contribution is 2.48. The molecule has 1 N–H and O–H groups in total. The molecule has 15 heavy (non-hydrogen) atoms. The van der Waals surface area contributed by atoms with Gasteiger partial charge >= 0.3 is 0 Å². The third-order valence-electron chi connectivity index (χ3n) is 3.58. The van der Waals surface area contributed by atoms with Crippen molar-refractivity contribution < 1.29 is 0 Å². The average molecular weight is 244 g/mol. The van der Waals surface area contributed by atoms with E-state index in [2.05, 4.69) is 30.6 Å². The van der Waals surface area contributed by atoms with E-state index in [1.807, 2.05) is 0 Å². The molecule has 1 heterocycles. The number of thiophene rings is 1. The van der Waals surface area contributed by atoms with Gasteiger partial charge in [-0.2, -0.15) is 0 Å². The van der Waals surface area contributed by atoms with Gasteiger partial charge < -0.3 is 5.32 Å². The van der Waals surface area contributed by atoms with E-state index in [4.69, 9.17) is 11.6 Å². The predicted octanol–water partition coefficient (Wildman–Crippen LogP) is 4.24. The molecule has 0 spiro atoms. The molecule has 1 nitrogen and oxygen atoms in total. The third kappa shape index (κ3) is 2.74. The first-order valence-corrected chi connectivity index (χ1v) is 6.88. The number of hydrogen-bond donors (Lipinski definition) is 1. The number of nitrogens with one attached hydrogen (secondary N) is 1. The average Bonchev–Trinajstić information content (AvgIpc) is 2.90. The van der Waals surface area contributed by atoms with Crippen molar-refractivity contribution in [2.24, 2.45) is 5.41 Å². The molecule has 1 unspecified atom stereocenters. The number of hydrogen-bond acceptors (Lipinski definition) is 2. The fourth-order valence-electron chi connectivity index (χ4n) is 1.87. The molecule has 0 aliphatic heterocycles. The van der Waals surface area contributed by atoms with Crippen LogP contribution in [-0.2, 0) is 0 Å². The van der Waals surface area contributed by atoms with E-state index in [0.717, 1.165) is 10.9 Å². The van der Waals surface area contributed by atoms with E-state index in [-0.39, 0.29) is 0 Å². The molecule has 1 aliphatic carbocycles. The van der Waals surface area contributed by atoms with Crippen LogP contribution in [0.25, 0.3) is 0 Å². The Morgan fingerprint density at radius 1 is 1.60 bits per heavy atom. The monoisotopic (exact) mass is 243 g/mol. The Morgan fingerprint density at radius 3 is 2.80 bits per heavy atom. The molecule has 1 fully saturated rings. The first-order chi connectivity index (χ1) is 7.15. The highest BCUT2D eigenvalue weighted by molar-refractivity contribution is 7.14. The summed E-state index contributed by atoms with van der Waals surface area (Å²) in [6.07, 6.45) is 4.10. The van der Waals surface area contributed by atoms with E-state index < -0.39 is 0 Å². The zero-order valence-electron chi connectivity index (χ0n) is 9.35. The van der Waals surface area contributed by atoms with Gasteiger partial charge in [-0.3, -0.25) is 0 Å². The normalized spacial score (nSPS) is 20.2. The summed E-state index contributed by atoms with van der Waals surface area (Å²) in [5.74, 6) is 0. The maximum atomic E-state index is 5.92. The van der Waals surface area contributed by atoms with Crippen molar-refractivity contribution in [3.05, 3.63) is 21.3 Å². The minimum Gasteiger partial charge on any atom is -0.310 e. The van der Waals surface area contributed by atoms with Crippen LogP contribution in [0.4, 0.5) is 0 Å². The SMILES string of the molecule is CCC1(CNC(C)c2csc(Cl)c2)CC1. The molecule has 0 saturated heterocycles. The molecule has 1 saturated carbocycles. The standard InChI is InChI=1S/C12H18ClNS/c1-3-12(4-5-12)8-14-9(2)10-6-11(13)15-7-10/h6-7,9,14H,3-5,8H2,1-2H3. The highest BCUT2D eigenvalue weighted by Gasteiger charge is 2.40. The Morgan fingerprint density at radius 2 is 2.33 bits per heavy atom. The van der Waals surface area contributed by atoms with Crippen LogP contribution in [0.1, 0.15) is 44.7 Å². The largest absolute Gasteiger partial charge is 0.310 e. The van der Waals surface area contributed by atoms with E-state index in [9.17, 15) is 0 Å². The fourth-order valence-corrected chi connectivity index (χ4v) is 2.85. The van der Waals surface area contributed by atoms with Gasteiger partial charge in [0.15, 0.2) is 0 Å². The highest BCUT2D eigenvalue weighted by atomic mass is 35.5. The van der Waals surface area contributed by atoms with Crippen molar-refractivity contribution in [2.45, 2.75) is 39.2 Å². The van der Waals surface area contributed by atoms with Gasteiger partial charge in [0.25, 0.3) is 0 Å². The second kappa shape index (κ2) is 4.44. The van der Waals surface area contributed by atoms with Crippen LogP contribution < -0.4 is 5.32 Å². The van der Waals surface area contributed by atoms with E-state index in [0.29, 0.717) is 11.5 Å². The summed E-state index contributed by atoms with van der Waals surface area (Å²) in [4.78, 5) is 0. The van der Waals surface area contributed by atoms with Gasteiger partial charge in [0.2, 0.25) is 0 Å². The minimum atomic E-state index is 0.428. The summed E-state index contributed by atoms with van der Waals surface area (Å²) < 4.78 is 0.885. The first kappa shape index (κ1) is 11.4. The van der Waals surface area contributed by atoms with Gasteiger partial charge in [-0.05, 0) is 48.6 Å². The third-order valence-corrected chi connectivity index (χ3v) is 4.69. The molecule has 0 radical (unpaired) electrons. The van der Waals surface area contributed by atoms with E-state index in [1.165, 1.54) is 24.8 Å². The van der Waals surface area contributed by atoms with Crippen molar-refractivity contribution in [3.63, 3.8) is 0 Å². The zero-order valence-corrected chi connectivity index (χ0v) is 10.9. The molecular weight excluding hydrogens is 226 g/mol. The Hall–Kier alpha value is -0.0500. The second-order valence-electron chi connectivity index (χ2n) is 4.64. The second-order valence-corrected chi connectivity index (χ2v) is 6.18. The molecular formula is C12H18ClNS. The van der Waals surface area contributed by atoms with Gasteiger partial charge in [0, 0.05) is 12.6 Å². The summed E-state index contributed by atoms with van der Waals surface area (Å²) in [7, 11) is 0. The van der Waals surface area contributed by atoms with Gasteiger partial charge in [-0.25, -0.2) is 0 Å². The van der Waals surface area contributed by atoms with Gasteiger partial charge in [0.1, 0.15) is 0 Å². The lowest BCUT2D eigenvalue weighted by Gasteiger charge is -2.18. The summed E-state index contributed by atoms with van der Waals surface area (Å²) >= 11 is 7.54. The maximum Gasteiger partial charge on any atom is 0.0931 e. The van der Waals surface area contributed by atoms with Crippen LogP contribution >= 0.6 is 22.9 Å². The summed E-state index contributed by atoms with van der Waals surface area (Å²) in [5.41, 5.74) is 1.94. The molecule has 1 aromatic heterocycles. The maximum absolute atomic E-state index is 5.92. The van der Waals surface area contributed by atoms with Gasteiger partial charge in [-0.1, -0.05) is 18.5 Å². The Kier molecular flexibility index (Phi) is 3.39. The fraction of sp³-hybridized carbons (Fsp3) is 0.667. The van der Waals surface area contributed by atoms with Crippen LogP contribution in [0.2, 0.25) is 4.34 Å². The molecule has 84 valence electrons. The van der Waals surface area contributed by atoms with Crippen LogP contribution in [0, 0.1) is 5.41 Å². The van der Waals surface area contributed by atoms with Crippen molar-refractivity contribution in [1.82, 2.24) is 5.32 Å². The lowest BCUT2D eigenvalue weighted by atomic mass is 10.0. The molecule has 0 bridgehead atoms. The molecule has 1 atom stereocenters. The molecule has 2 rings (SSSR count). The van der Waals surface area contributed by atoms with E-state index >= 15 is 0 Å². The summed E-state index contributed by atoms with van der Waals surface area (Å²) in [5, 5.41) is 5.76. The summed E-state index contributed by atoms with van der Waals surface area (Å²) in [6.45, 7) is 5.66. The van der Waals surface area contributed by atoms with Crippen LogP contribution in [0.15, 0.2) is 11.4 Å². The topological polar surface area (TPSA) is 12.0 Å². The number of halogens is 1. The van der Waals surface area contributed by atoms with E-state index in [1.54, 1.807) is 11.3 Å². The van der Waals surface area contributed by atoms with Crippen LogP contribution in [0.3, 0.4) is 0 Å².